The number of guanidine groups is 1. The Balaban J connectivity index is 1.68. The molecule has 2 fully saturated rings. The van der Waals surface area contributed by atoms with Crippen molar-refractivity contribution in [3.05, 3.63) is 0 Å². The summed E-state index contributed by atoms with van der Waals surface area (Å²) in [4.78, 5) is 12.0. The molecule has 0 aromatic carbocycles. The summed E-state index contributed by atoms with van der Waals surface area (Å²) in [7, 11) is 0. The van der Waals surface area contributed by atoms with Gasteiger partial charge in [0.25, 0.3) is 0 Å². The smallest absolute Gasteiger partial charge is 0.191 e. The highest BCUT2D eigenvalue weighted by Crippen LogP contribution is 2.15. The molecule has 1 atom stereocenters. The van der Waals surface area contributed by atoms with E-state index in [1.54, 1.807) is 0 Å². The molecule has 2 aliphatic heterocycles. The van der Waals surface area contributed by atoms with Gasteiger partial charge in [-0.1, -0.05) is 20.8 Å². The van der Waals surface area contributed by atoms with Crippen LogP contribution < -0.4 is 5.73 Å². The van der Waals surface area contributed by atoms with Gasteiger partial charge in [-0.2, -0.15) is 0 Å². The van der Waals surface area contributed by atoms with Crippen LogP contribution in [-0.4, -0.2) is 79.6 Å². The lowest BCUT2D eigenvalue weighted by Gasteiger charge is -2.35. The molecule has 0 bridgehead atoms. The summed E-state index contributed by atoms with van der Waals surface area (Å²) < 4.78 is 0. The second kappa shape index (κ2) is 8.73. The Morgan fingerprint density at radius 3 is 2.27 bits per heavy atom. The molecule has 2 heterocycles. The summed E-state index contributed by atoms with van der Waals surface area (Å²) in [6.45, 7) is 17.0. The molecular weight excluding hydrogens is 274 g/mol. The summed E-state index contributed by atoms with van der Waals surface area (Å²) >= 11 is 0. The van der Waals surface area contributed by atoms with Gasteiger partial charge in [-0.15, -0.1) is 0 Å². The average Bonchev–Trinajstić information content (AvgIpc) is 2.54. The second-order valence-corrected chi connectivity index (χ2v) is 7.21. The maximum atomic E-state index is 6.17. The van der Waals surface area contributed by atoms with E-state index in [9.17, 15) is 0 Å². The van der Waals surface area contributed by atoms with Crippen molar-refractivity contribution in [2.75, 3.05) is 58.9 Å². The molecule has 0 amide bonds. The number of nitrogens with zero attached hydrogens (tertiary/aromatic N) is 4. The fraction of sp³-hybridized carbons (Fsp3) is 0.941. The number of hydrogen-bond acceptors (Lipinski definition) is 3. The molecular formula is C17H35N5. The van der Waals surface area contributed by atoms with E-state index in [0.29, 0.717) is 5.92 Å². The lowest BCUT2D eigenvalue weighted by molar-refractivity contribution is 0.125. The zero-order valence-corrected chi connectivity index (χ0v) is 14.8. The van der Waals surface area contributed by atoms with E-state index in [-0.39, 0.29) is 0 Å². The maximum absolute atomic E-state index is 6.17. The number of aliphatic imine (C=N–C) groups is 1. The van der Waals surface area contributed by atoms with Crippen LogP contribution in [0, 0.1) is 11.8 Å². The summed E-state index contributed by atoms with van der Waals surface area (Å²) in [5, 5.41) is 0. The molecule has 2 aliphatic rings. The van der Waals surface area contributed by atoms with Gasteiger partial charge in [0.1, 0.15) is 0 Å². The Bertz CT molecular complexity index is 341. The van der Waals surface area contributed by atoms with Crippen molar-refractivity contribution >= 4 is 5.96 Å². The molecule has 1 unspecified atom stereocenters. The highest BCUT2D eigenvalue weighted by Gasteiger charge is 2.19. The maximum Gasteiger partial charge on any atom is 0.191 e. The van der Waals surface area contributed by atoms with Crippen molar-refractivity contribution in [1.82, 2.24) is 14.7 Å². The van der Waals surface area contributed by atoms with Crippen molar-refractivity contribution in [1.29, 1.82) is 0 Å². The van der Waals surface area contributed by atoms with Crippen LogP contribution in [0.5, 0.6) is 0 Å². The van der Waals surface area contributed by atoms with Crippen LogP contribution in [0.4, 0.5) is 0 Å². The molecule has 0 spiro atoms. The van der Waals surface area contributed by atoms with Gasteiger partial charge in [0.15, 0.2) is 5.96 Å². The van der Waals surface area contributed by atoms with Crippen LogP contribution in [0.15, 0.2) is 4.99 Å². The number of piperidine rings is 1. The predicted octanol–water partition coefficient (Wildman–Crippen LogP) is 1.31. The highest BCUT2D eigenvalue weighted by atomic mass is 15.3. The number of hydrogen-bond donors (Lipinski definition) is 1. The Morgan fingerprint density at radius 1 is 1.09 bits per heavy atom. The van der Waals surface area contributed by atoms with Crippen molar-refractivity contribution in [2.45, 2.75) is 33.6 Å². The number of piperazine rings is 1. The molecule has 0 aliphatic carbocycles. The fourth-order valence-electron chi connectivity index (χ4n) is 3.37. The molecule has 0 aromatic rings. The monoisotopic (exact) mass is 309 g/mol. The first kappa shape index (κ1) is 17.5. The van der Waals surface area contributed by atoms with Crippen molar-refractivity contribution in [2.24, 2.45) is 22.6 Å². The molecule has 2 saturated heterocycles. The Labute approximate surface area is 136 Å². The van der Waals surface area contributed by atoms with E-state index in [0.717, 1.165) is 38.1 Å². The number of likely N-dealkylation sites (N-methyl/N-ethyl adjacent to an activating group) is 1. The van der Waals surface area contributed by atoms with Gasteiger partial charge < -0.3 is 20.4 Å². The lowest BCUT2D eigenvalue weighted by Crippen LogP contribution is -2.47. The quantitative estimate of drug-likeness (QED) is 0.614. The first-order chi connectivity index (χ1) is 10.6. The third-order valence-electron chi connectivity index (χ3n) is 5.15. The summed E-state index contributed by atoms with van der Waals surface area (Å²) in [5.74, 6) is 2.18. The molecule has 5 heteroatoms. The van der Waals surface area contributed by atoms with Crippen molar-refractivity contribution in [3.8, 4) is 0 Å². The molecule has 0 saturated carbocycles. The first-order valence-corrected chi connectivity index (χ1v) is 9.08. The van der Waals surface area contributed by atoms with E-state index < -0.39 is 0 Å². The van der Waals surface area contributed by atoms with Gasteiger partial charge in [0.05, 0.1) is 0 Å². The van der Waals surface area contributed by atoms with Crippen molar-refractivity contribution < 1.29 is 0 Å². The van der Waals surface area contributed by atoms with Gasteiger partial charge in [0.2, 0.25) is 0 Å². The van der Waals surface area contributed by atoms with Crippen LogP contribution in [0.3, 0.4) is 0 Å². The molecule has 2 N–H and O–H groups in total. The molecule has 0 radical (unpaired) electrons. The minimum Gasteiger partial charge on any atom is -0.370 e. The highest BCUT2D eigenvalue weighted by molar-refractivity contribution is 5.78. The predicted molar refractivity (Wildman–Crippen MR) is 94.2 cm³/mol. The third-order valence-corrected chi connectivity index (χ3v) is 5.15. The zero-order valence-electron chi connectivity index (χ0n) is 14.8. The zero-order chi connectivity index (χ0) is 15.9. The Morgan fingerprint density at radius 2 is 1.68 bits per heavy atom. The van der Waals surface area contributed by atoms with Gasteiger partial charge >= 0.3 is 0 Å². The van der Waals surface area contributed by atoms with Crippen LogP contribution in [0.2, 0.25) is 0 Å². The van der Waals surface area contributed by atoms with E-state index in [2.05, 4.69) is 40.5 Å². The number of nitrogens with two attached hydrogens (primary N) is 1. The van der Waals surface area contributed by atoms with Crippen LogP contribution >= 0.6 is 0 Å². The Hall–Kier alpha value is -0.810. The largest absolute Gasteiger partial charge is 0.370 e. The molecule has 5 nitrogen and oxygen atoms in total. The third kappa shape index (κ3) is 5.43. The normalized spacial score (nSPS) is 24.7. The van der Waals surface area contributed by atoms with Gasteiger partial charge in [-0.3, -0.25) is 4.99 Å². The standard InChI is InChI=1S/C17H35N5/c1-4-20-9-11-21(12-10-20)14-16(3)13-19-17(18)22-7-5-15(2)6-8-22/h15-16H,4-14H2,1-3H3,(H2,18,19). The molecule has 128 valence electrons. The minimum atomic E-state index is 0.579. The summed E-state index contributed by atoms with van der Waals surface area (Å²) in [6.07, 6.45) is 2.49. The van der Waals surface area contributed by atoms with Crippen LogP contribution in [-0.2, 0) is 0 Å². The van der Waals surface area contributed by atoms with E-state index >= 15 is 0 Å². The van der Waals surface area contributed by atoms with Gasteiger partial charge in [-0.25, -0.2) is 0 Å². The van der Waals surface area contributed by atoms with Crippen molar-refractivity contribution in [3.63, 3.8) is 0 Å². The molecule has 22 heavy (non-hydrogen) atoms. The first-order valence-electron chi connectivity index (χ1n) is 9.08. The average molecular weight is 310 g/mol. The van der Waals surface area contributed by atoms with Gasteiger partial charge in [-0.05, 0) is 31.2 Å². The lowest BCUT2D eigenvalue weighted by atomic mass is 10.00. The molecule has 2 rings (SSSR count). The second-order valence-electron chi connectivity index (χ2n) is 7.21. The van der Waals surface area contributed by atoms with Crippen LogP contribution in [0.1, 0.15) is 33.6 Å². The van der Waals surface area contributed by atoms with E-state index in [1.807, 2.05) is 0 Å². The number of rotatable bonds is 5. The van der Waals surface area contributed by atoms with Gasteiger partial charge in [0, 0.05) is 52.4 Å². The number of likely N-dealkylation sites (tertiary alicyclic amines) is 1. The Kier molecular flexibility index (Phi) is 6.96. The molecule has 0 aromatic heterocycles. The van der Waals surface area contributed by atoms with Crippen LogP contribution in [0.25, 0.3) is 0 Å². The summed E-state index contributed by atoms with van der Waals surface area (Å²) in [5.41, 5.74) is 6.17. The SMILES string of the molecule is CCN1CCN(CC(C)CN=C(N)N2CCC(C)CC2)CC1. The van der Waals surface area contributed by atoms with E-state index in [1.165, 1.54) is 45.6 Å². The fourth-order valence-corrected chi connectivity index (χ4v) is 3.37. The summed E-state index contributed by atoms with van der Waals surface area (Å²) in [6, 6.07) is 0. The van der Waals surface area contributed by atoms with E-state index in [4.69, 9.17) is 5.73 Å². The minimum absolute atomic E-state index is 0.579. The topological polar surface area (TPSA) is 48.1 Å².